The molecule has 0 saturated carbocycles. The summed E-state index contributed by atoms with van der Waals surface area (Å²) in [4.78, 5) is 18.3. The van der Waals surface area contributed by atoms with E-state index in [4.69, 9.17) is 18.0 Å². The predicted octanol–water partition coefficient (Wildman–Crippen LogP) is 0.960. The highest BCUT2D eigenvalue weighted by Crippen LogP contribution is 2.27. The van der Waals surface area contributed by atoms with Crippen molar-refractivity contribution in [1.82, 2.24) is 9.13 Å². The van der Waals surface area contributed by atoms with Crippen molar-refractivity contribution in [3.05, 3.63) is 15.1 Å². The van der Waals surface area contributed by atoms with Gasteiger partial charge in [-0.2, -0.15) is 0 Å². The van der Waals surface area contributed by atoms with Gasteiger partial charge in [0.05, 0.1) is 0 Å². The second-order valence-corrected chi connectivity index (χ2v) is 4.72. The third-order valence-electron chi connectivity index (χ3n) is 2.94. The van der Waals surface area contributed by atoms with E-state index in [9.17, 15) is 4.79 Å². The molecule has 0 amide bonds. The van der Waals surface area contributed by atoms with Crippen LogP contribution in [0, 0.1) is 4.64 Å². The molecule has 0 aliphatic heterocycles. The molecule has 1 aromatic rings. The molecule has 0 aliphatic rings. The summed E-state index contributed by atoms with van der Waals surface area (Å²) in [5.41, 5.74) is 6.14. The SMILES string of the molecule is C/C=N\c1c(N(C)CCCN)c(=S)n(C)c(=O)n1C. The Labute approximate surface area is 118 Å². The average Bonchev–Trinajstić information content (AvgIpc) is 2.40. The summed E-state index contributed by atoms with van der Waals surface area (Å²) >= 11 is 5.37. The maximum atomic E-state index is 12.0. The molecule has 6 nitrogen and oxygen atoms in total. The first-order valence-electron chi connectivity index (χ1n) is 6.15. The highest BCUT2D eigenvalue weighted by Gasteiger charge is 2.15. The number of hydrogen-bond acceptors (Lipinski definition) is 5. The van der Waals surface area contributed by atoms with Gasteiger partial charge in [-0.1, -0.05) is 12.2 Å². The van der Waals surface area contributed by atoms with Crippen molar-refractivity contribution in [2.24, 2.45) is 24.8 Å². The molecule has 0 atom stereocenters. The highest BCUT2D eigenvalue weighted by atomic mass is 32.1. The lowest BCUT2D eigenvalue weighted by Gasteiger charge is -2.23. The minimum absolute atomic E-state index is 0.179. The van der Waals surface area contributed by atoms with Crippen molar-refractivity contribution >= 4 is 29.9 Å². The number of anilines is 1. The van der Waals surface area contributed by atoms with E-state index in [1.165, 1.54) is 9.13 Å². The molecule has 0 aromatic carbocycles. The third kappa shape index (κ3) is 3.10. The van der Waals surface area contributed by atoms with Gasteiger partial charge in [-0.25, -0.2) is 9.79 Å². The molecular formula is C12H21N5OS. The summed E-state index contributed by atoms with van der Waals surface area (Å²) in [6, 6.07) is 0. The Balaban J connectivity index is 3.52. The molecular weight excluding hydrogens is 262 g/mol. The second-order valence-electron chi connectivity index (χ2n) is 4.33. The van der Waals surface area contributed by atoms with Crippen LogP contribution in [0.1, 0.15) is 13.3 Å². The third-order valence-corrected chi connectivity index (χ3v) is 3.41. The van der Waals surface area contributed by atoms with E-state index < -0.39 is 0 Å². The molecule has 1 aromatic heterocycles. The van der Waals surface area contributed by atoms with Gasteiger partial charge in [-0.15, -0.1) is 0 Å². The van der Waals surface area contributed by atoms with E-state index >= 15 is 0 Å². The van der Waals surface area contributed by atoms with Crippen LogP contribution in [0.4, 0.5) is 11.5 Å². The summed E-state index contributed by atoms with van der Waals surface area (Å²) in [5.74, 6) is 0.579. The van der Waals surface area contributed by atoms with Gasteiger partial charge < -0.3 is 10.6 Å². The van der Waals surface area contributed by atoms with Crippen LogP contribution >= 0.6 is 12.2 Å². The number of rotatable bonds is 5. The molecule has 0 bridgehead atoms. The average molecular weight is 283 g/mol. The van der Waals surface area contributed by atoms with Crippen molar-refractivity contribution in [2.75, 3.05) is 25.0 Å². The number of nitrogens with two attached hydrogens (primary N) is 1. The largest absolute Gasteiger partial charge is 0.369 e. The highest BCUT2D eigenvalue weighted by molar-refractivity contribution is 7.71. The monoisotopic (exact) mass is 283 g/mol. The van der Waals surface area contributed by atoms with Crippen LogP contribution in [0.3, 0.4) is 0 Å². The lowest BCUT2D eigenvalue weighted by Crippen LogP contribution is -2.31. The lowest BCUT2D eigenvalue weighted by molar-refractivity contribution is 0.690. The van der Waals surface area contributed by atoms with Crippen LogP contribution in [-0.4, -0.2) is 35.5 Å². The first-order valence-corrected chi connectivity index (χ1v) is 6.56. The van der Waals surface area contributed by atoms with E-state index in [1.54, 1.807) is 20.3 Å². The Morgan fingerprint density at radius 2 is 2.05 bits per heavy atom. The molecule has 0 saturated heterocycles. The van der Waals surface area contributed by atoms with Gasteiger partial charge in [0.1, 0.15) is 10.3 Å². The number of nitrogens with zero attached hydrogens (tertiary/aromatic N) is 4. The summed E-state index contributed by atoms with van der Waals surface area (Å²) in [5, 5.41) is 0. The van der Waals surface area contributed by atoms with Crippen molar-refractivity contribution in [3.63, 3.8) is 0 Å². The molecule has 0 fully saturated rings. The summed E-state index contributed by atoms with van der Waals surface area (Å²) in [6.07, 6.45) is 2.51. The van der Waals surface area contributed by atoms with E-state index in [1.807, 2.05) is 18.9 Å². The molecule has 7 heteroatoms. The quantitative estimate of drug-likeness (QED) is 0.645. The van der Waals surface area contributed by atoms with Crippen molar-refractivity contribution in [1.29, 1.82) is 0 Å². The van der Waals surface area contributed by atoms with Crippen LogP contribution in [0.2, 0.25) is 0 Å². The van der Waals surface area contributed by atoms with Gasteiger partial charge in [0, 0.05) is 33.9 Å². The fourth-order valence-electron chi connectivity index (χ4n) is 1.86. The zero-order chi connectivity index (χ0) is 14.6. The Morgan fingerprint density at radius 1 is 1.42 bits per heavy atom. The van der Waals surface area contributed by atoms with Crippen LogP contribution in [0.15, 0.2) is 9.79 Å². The van der Waals surface area contributed by atoms with Crippen LogP contribution in [0.5, 0.6) is 0 Å². The van der Waals surface area contributed by atoms with Gasteiger partial charge in [-0.3, -0.25) is 9.13 Å². The van der Waals surface area contributed by atoms with Gasteiger partial charge in [-0.05, 0) is 19.9 Å². The molecule has 106 valence electrons. The van der Waals surface area contributed by atoms with E-state index in [-0.39, 0.29) is 5.69 Å². The molecule has 0 unspecified atom stereocenters. The minimum Gasteiger partial charge on any atom is -0.369 e. The first kappa shape index (κ1) is 15.6. The first-order chi connectivity index (χ1) is 8.95. The van der Waals surface area contributed by atoms with Crippen molar-refractivity contribution in [3.8, 4) is 0 Å². The lowest BCUT2D eigenvalue weighted by atomic mass is 10.3. The second kappa shape index (κ2) is 6.63. The topological polar surface area (TPSA) is 68.5 Å². The Morgan fingerprint density at radius 3 is 2.58 bits per heavy atom. The predicted molar refractivity (Wildman–Crippen MR) is 82.3 cm³/mol. The van der Waals surface area contributed by atoms with Gasteiger partial charge >= 0.3 is 5.69 Å². The maximum Gasteiger partial charge on any atom is 0.330 e. The molecule has 1 rings (SSSR count). The Hall–Kier alpha value is -1.47. The molecule has 1 heterocycles. The van der Waals surface area contributed by atoms with Gasteiger partial charge in [0.25, 0.3) is 0 Å². The van der Waals surface area contributed by atoms with Crippen molar-refractivity contribution < 1.29 is 0 Å². The van der Waals surface area contributed by atoms with E-state index in [0.29, 0.717) is 17.0 Å². The number of hydrogen-bond donors (Lipinski definition) is 1. The Bertz CT molecular complexity index is 587. The maximum absolute atomic E-state index is 12.0. The van der Waals surface area contributed by atoms with E-state index in [0.717, 1.165) is 18.7 Å². The summed E-state index contributed by atoms with van der Waals surface area (Å²) in [7, 11) is 5.30. The van der Waals surface area contributed by atoms with E-state index in [2.05, 4.69) is 4.99 Å². The molecule has 0 spiro atoms. The van der Waals surface area contributed by atoms with Gasteiger partial charge in [0.15, 0.2) is 5.82 Å². The number of aromatic nitrogens is 2. The smallest absolute Gasteiger partial charge is 0.330 e. The zero-order valence-electron chi connectivity index (χ0n) is 11.9. The molecule has 0 radical (unpaired) electrons. The van der Waals surface area contributed by atoms with Crippen LogP contribution in [-0.2, 0) is 14.1 Å². The summed E-state index contributed by atoms with van der Waals surface area (Å²) in [6.45, 7) is 3.19. The fourth-order valence-corrected chi connectivity index (χ4v) is 2.19. The molecule has 2 N–H and O–H groups in total. The van der Waals surface area contributed by atoms with Crippen LogP contribution < -0.4 is 16.3 Å². The van der Waals surface area contributed by atoms with Crippen molar-refractivity contribution in [2.45, 2.75) is 13.3 Å². The minimum atomic E-state index is -0.179. The van der Waals surface area contributed by atoms with Gasteiger partial charge in [0.2, 0.25) is 0 Å². The zero-order valence-corrected chi connectivity index (χ0v) is 12.7. The standard InChI is InChI=1S/C12H21N5OS/c1-5-14-10-9(15(2)8-6-7-13)11(19)17(4)12(18)16(10)3/h5H,6-8,13H2,1-4H3/b14-5-. The molecule has 0 aliphatic carbocycles. The number of aliphatic imine (C=N–C) groups is 1. The summed E-state index contributed by atoms with van der Waals surface area (Å²) < 4.78 is 3.45. The fraction of sp³-hybridized carbons (Fsp3) is 0.583. The molecule has 19 heavy (non-hydrogen) atoms. The Kier molecular flexibility index (Phi) is 5.44. The normalized spacial score (nSPS) is 11.2. The van der Waals surface area contributed by atoms with Crippen LogP contribution in [0.25, 0.3) is 0 Å².